The Hall–Kier alpha value is -2.08. The average Bonchev–Trinajstić information content (AvgIpc) is 2.48. The predicted octanol–water partition coefficient (Wildman–Crippen LogP) is 4.23. The number of hydrogen-bond donors (Lipinski definition) is 3. The van der Waals surface area contributed by atoms with Gasteiger partial charge in [-0.1, -0.05) is 41.4 Å². The van der Waals surface area contributed by atoms with E-state index < -0.39 is 5.91 Å². The number of amides is 1. The van der Waals surface area contributed by atoms with Crippen molar-refractivity contribution < 1.29 is 9.90 Å². The molecule has 4 nitrogen and oxygen atoms in total. The lowest BCUT2D eigenvalue weighted by Crippen LogP contribution is -2.32. The van der Waals surface area contributed by atoms with Gasteiger partial charge in [0.1, 0.15) is 5.75 Å². The molecular weight excluding hydrogens is 355 g/mol. The highest BCUT2D eigenvalue weighted by Crippen LogP contribution is 2.22. The largest absolute Gasteiger partial charge is 0.506 e. The summed E-state index contributed by atoms with van der Waals surface area (Å²) >= 11 is 16.8. The van der Waals surface area contributed by atoms with E-state index in [0.717, 1.165) is 0 Å². The fourth-order valence-corrected chi connectivity index (χ4v) is 2.37. The first-order valence-electron chi connectivity index (χ1n) is 6.49. The summed E-state index contributed by atoms with van der Waals surface area (Å²) in [5.74, 6) is -0.392. The molecule has 0 saturated heterocycles. The number of para-hydroxylation sites is 2. The van der Waals surface area contributed by atoms with Gasteiger partial charge in [0.2, 0.25) is 5.91 Å². The van der Waals surface area contributed by atoms with Crippen molar-refractivity contribution >= 4 is 58.2 Å². The van der Waals surface area contributed by atoms with Crippen LogP contribution < -0.4 is 10.6 Å². The molecular formula is C16H12Cl2N2O2S. The van der Waals surface area contributed by atoms with Crippen molar-refractivity contribution in [3.63, 3.8) is 0 Å². The summed E-state index contributed by atoms with van der Waals surface area (Å²) < 4.78 is 0. The fraction of sp³-hybridized carbons (Fsp3) is 0. The zero-order chi connectivity index (χ0) is 16.8. The summed E-state index contributed by atoms with van der Waals surface area (Å²) in [6.07, 6.45) is 2.85. The molecule has 1 amide bonds. The third-order valence-electron chi connectivity index (χ3n) is 2.77. The van der Waals surface area contributed by atoms with Gasteiger partial charge in [0.25, 0.3) is 0 Å². The number of anilines is 1. The number of thiocarbonyl (C=S) groups is 1. The molecule has 0 spiro atoms. The standard InChI is InChI=1S/C16H12Cl2N2O2S/c17-11-7-5-10(12(18)9-11)6-8-15(22)20-16(23)19-13-3-1-2-4-14(13)21/h1-9,21H,(H2,19,20,22,23). The molecule has 0 bridgehead atoms. The number of nitrogens with one attached hydrogen (secondary N) is 2. The van der Waals surface area contributed by atoms with Crippen LogP contribution in [0.15, 0.2) is 48.5 Å². The molecule has 23 heavy (non-hydrogen) atoms. The summed E-state index contributed by atoms with van der Waals surface area (Å²) in [6, 6.07) is 11.5. The summed E-state index contributed by atoms with van der Waals surface area (Å²) in [5.41, 5.74) is 1.06. The van der Waals surface area contributed by atoms with E-state index in [2.05, 4.69) is 10.6 Å². The van der Waals surface area contributed by atoms with Gasteiger partial charge in [-0.2, -0.15) is 0 Å². The second-order valence-corrected chi connectivity index (χ2v) is 5.71. The Bertz CT molecular complexity index is 778. The minimum Gasteiger partial charge on any atom is -0.506 e. The zero-order valence-corrected chi connectivity index (χ0v) is 14.0. The lowest BCUT2D eigenvalue weighted by Gasteiger charge is -2.09. The first-order chi connectivity index (χ1) is 11.0. The SMILES string of the molecule is O=C(C=Cc1ccc(Cl)cc1Cl)NC(=S)Nc1ccccc1O. The van der Waals surface area contributed by atoms with Gasteiger partial charge in [-0.25, -0.2) is 0 Å². The highest BCUT2D eigenvalue weighted by Gasteiger charge is 2.05. The van der Waals surface area contributed by atoms with Gasteiger partial charge in [0.15, 0.2) is 5.11 Å². The highest BCUT2D eigenvalue weighted by molar-refractivity contribution is 7.80. The van der Waals surface area contributed by atoms with Crippen molar-refractivity contribution in [2.24, 2.45) is 0 Å². The molecule has 0 saturated carbocycles. The molecule has 2 aromatic carbocycles. The Morgan fingerprint density at radius 2 is 1.91 bits per heavy atom. The second kappa shape index (κ2) is 7.97. The summed E-state index contributed by atoms with van der Waals surface area (Å²) in [7, 11) is 0. The van der Waals surface area contributed by atoms with Crippen molar-refractivity contribution in [1.29, 1.82) is 0 Å². The molecule has 7 heteroatoms. The number of benzene rings is 2. The van der Waals surface area contributed by atoms with E-state index in [0.29, 0.717) is 21.3 Å². The molecule has 0 aliphatic carbocycles. The van der Waals surface area contributed by atoms with Crippen LogP contribution in [-0.4, -0.2) is 16.1 Å². The third-order valence-corrected chi connectivity index (χ3v) is 3.53. The van der Waals surface area contributed by atoms with Gasteiger partial charge in [-0.05, 0) is 48.1 Å². The summed E-state index contributed by atoms with van der Waals surface area (Å²) in [5, 5.41) is 15.9. The molecule has 0 atom stereocenters. The Morgan fingerprint density at radius 1 is 1.17 bits per heavy atom. The van der Waals surface area contributed by atoms with Crippen LogP contribution in [0.5, 0.6) is 5.75 Å². The molecule has 2 rings (SSSR count). The molecule has 0 aliphatic rings. The smallest absolute Gasteiger partial charge is 0.250 e. The van der Waals surface area contributed by atoms with Gasteiger partial charge in [-0.15, -0.1) is 0 Å². The Morgan fingerprint density at radius 3 is 2.61 bits per heavy atom. The van der Waals surface area contributed by atoms with Crippen molar-refractivity contribution in [2.45, 2.75) is 0 Å². The van der Waals surface area contributed by atoms with Crippen LogP contribution in [0.3, 0.4) is 0 Å². The molecule has 0 aliphatic heterocycles. The summed E-state index contributed by atoms with van der Waals surface area (Å²) in [6.45, 7) is 0. The van der Waals surface area contributed by atoms with Gasteiger partial charge in [0.05, 0.1) is 5.69 Å². The van der Waals surface area contributed by atoms with Crippen LogP contribution >= 0.6 is 35.4 Å². The molecule has 0 fully saturated rings. The Kier molecular flexibility index (Phi) is 5.98. The molecule has 3 N–H and O–H groups in total. The molecule has 0 radical (unpaired) electrons. The Labute approximate surface area is 148 Å². The van der Waals surface area contributed by atoms with Crippen molar-refractivity contribution in [2.75, 3.05) is 5.32 Å². The number of carbonyl (C=O) groups is 1. The number of hydrogen-bond acceptors (Lipinski definition) is 3. The van der Waals surface area contributed by atoms with Gasteiger partial charge in [0, 0.05) is 16.1 Å². The number of phenolic OH excluding ortho intramolecular Hbond substituents is 1. The van der Waals surface area contributed by atoms with E-state index in [-0.39, 0.29) is 10.9 Å². The lowest BCUT2D eigenvalue weighted by molar-refractivity contribution is -0.115. The number of phenols is 1. The minimum atomic E-state index is -0.427. The maximum absolute atomic E-state index is 11.8. The molecule has 2 aromatic rings. The van der Waals surface area contributed by atoms with E-state index in [1.165, 1.54) is 12.1 Å². The number of rotatable bonds is 3. The zero-order valence-electron chi connectivity index (χ0n) is 11.7. The van der Waals surface area contributed by atoms with E-state index in [4.69, 9.17) is 35.4 Å². The Balaban J connectivity index is 1.95. The average molecular weight is 367 g/mol. The number of aromatic hydroxyl groups is 1. The molecule has 0 aromatic heterocycles. The van der Waals surface area contributed by atoms with Gasteiger partial charge < -0.3 is 10.4 Å². The van der Waals surface area contributed by atoms with Crippen LogP contribution in [0.4, 0.5) is 5.69 Å². The molecule has 0 unspecified atom stereocenters. The van der Waals surface area contributed by atoms with Crippen LogP contribution in [0.2, 0.25) is 10.0 Å². The number of halogens is 2. The van der Waals surface area contributed by atoms with E-state index >= 15 is 0 Å². The normalized spacial score (nSPS) is 10.5. The van der Waals surface area contributed by atoms with Crippen LogP contribution in [0.25, 0.3) is 6.08 Å². The molecule has 0 heterocycles. The quantitative estimate of drug-likeness (QED) is 0.432. The van der Waals surface area contributed by atoms with E-state index in [9.17, 15) is 9.90 Å². The first kappa shape index (κ1) is 17.3. The van der Waals surface area contributed by atoms with E-state index in [1.807, 2.05) is 0 Å². The maximum atomic E-state index is 11.8. The third kappa shape index (κ3) is 5.25. The minimum absolute atomic E-state index is 0.0348. The summed E-state index contributed by atoms with van der Waals surface area (Å²) in [4.78, 5) is 11.8. The van der Waals surface area contributed by atoms with Crippen LogP contribution in [-0.2, 0) is 4.79 Å². The number of carbonyl (C=O) groups excluding carboxylic acids is 1. The maximum Gasteiger partial charge on any atom is 0.250 e. The fourth-order valence-electron chi connectivity index (χ4n) is 1.69. The van der Waals surface area contributed by atoms with Crippen LogP contribution in [0.1, 0.15) is 5.56 Å². The predicted molar refractivity (Wildman–Crippen MR) is 98.0 cm³/mol. The lowest BCUT2D eigenvalue weighted by atomic mass is 10.2. The highest BCUT2D eigenvalue weighted by atomic mass is 35.5. The topological polar surface area (TPSA) is 61.4 Å². The second-order valence-electron chi connectivity index (χ2n) is 4.46. The van der Waals surface area contributed by atoms with Crippen molar-refractivity contribution in [3.8, 4) is 5.75 Å². The van der Waals surface area contributed by atoms with E-state index in [1.54, 1.807) is 42.5 Å². The van der Waals surface area contributed by atoms with Crippen LogP contribution in [0, 0.1) is 0 Å². The monoisotopic (exact) mass is 366 g/mol. The first-order valence-corrected chi connectivity index (χ1v) is 7.65. The van der Waals surface area contributed by atoms with Gasteiger partial charge >= 0.3 is 0 Å². The molecule has 118 valence electrons. The van der Waals surface area contributed by atoms with Crippen molar-refractivity contribution in [1.82, 2.24) is 5.32 Å². The van der Waals surface area contributed by atoms with Crippen molar-refractivity contribution in [3.05, 3.63) is 64.1 Å². The van der Waals surface area contributed by atoms with Gasteiger partial charge in [-0.3, -0.25) is 10.1 Å².